The second-order valence-electron chi connectivity index (χ2n) is 6.75. The first-order valence-corrected chi connectivity index (χ1v) is 8.59. The lowest BCUT2D eigenvalue weighted by molar-refractivity contribution is -0.112. The Morgan fingerprint density at radius 2 is 1.75 bits per heavy atom. The molecule has 5 nitrogen and oxygen atoms in total. The van der Waals surface area contributed by atoms with Crippen molar-refractivity contribution < 1.29 is 14.7 Å². The summed E-state index contributed by atoms with van der Waals surface area (Å²) in [6.07, 6.45) is 4.99. The Morgan fingerprint density at radius 3 is 2.33 bits per heavy atom. The number of allylic oxidation sites excluding steroid dienone is 1. The number of rotatable bonds is 4. The molecule has 0 bridgehead atoms. The van der Waals surface area contributed by atoms with Gasteiger partial charge in [0, 0.05) is 30.4 Å². The van der Waals surface area contributed by atoms with Crippen molar-refractivity contribution in [2.75, 3.05) is 18.4 Å². The molecule has 0 spiro atoms. The van der Waals surface area contributed by atoms with Gasteiger partial charge in [0.1, 0.15) is 0 Å². The van der Waals surface area contributed by atoms with Crippen molar-refractivity contribution in [3.8, 4) is 0 Å². The SMILES string of the molecule is C/C(=C/C(=O)Nc1ccc(C(=O)N2CCC(O)CC2)cc1)C1CC1. The lowest BCUT2D eigenvalue weighted by Gasteiger charge is -2.29. The highest BCUT2D eigenvalue weighted by atomic mass is 16.3. The van der Waals surface area contributed by atoms with E-state index in [1.165, 1.54) is 12.8 Å². The van der Waals surface area contributed by atoms with Crippen LogP contribution in [-0.2, 0) is 4.79 Å². The summed E-state index contributed by atoms with van der Waals surface area (Å²) in [4.78, 5) is 26.1. The molecular formula is C19H24N2O3. The molecule has 1 aliphatic carbocycles. The van der Waals surface area contributed by atoms with Gasteiger partial charge in [-0.2, -0.15) is 0 Å². The van der Waals surface area contributed by atoms with E-state index in [0.717, 1.165) is 5.57 Å². The fraction of sp³-hybridized carbons (Fsp3) is 0.474. The van der Waals surface area contributed by atoms with Crippen molar-refractivity contribution in [3.63, 3.8) is 0 Å². The van der Waals surface area contributed by atoms with E-state index >= 15 is 0 Å². The number of hydrogen-bond donors (Lipinski definition) is 2. The van der Waals surface area contributed by atoms with E-state index in [4.69, 9.17) is 0 Å². The Hall–Kier alpha value is -2.14. The molecule has 0 aromatic heterocycles. The number of benzene rings is 1. The Kier molecular flexibility index (Phi) is 5.00. The van der Waals surface area contributed by atoms with Crippen molar-refractivity contribution in [1.82, 2.24) is 4.90 Å². The molecule has 2 fully saturated rings. The van der Waals surface area contributed by atoms with E-state index in [0.29, 0.717) is 43.1 Å². The Morgan fingerprint density at radius 1 is 1.12 bits per heavy atom. The smallest absolute Gasteiger partial charge is 0.253 e. The van der Waals surface area contributed by atoms with Gasteiger partial charge < -0.3 is 15.3 Å². The second-order valence-corrected chi connectivity index (χ2v) is 6.75. The van der Waals surface area contributed by atoms with Crippen LogP contribution in [0.2, 0.25) is 0 Å². The van der Waals surface area contributed by atoms with Crippen LogP contribution in [0, 0.1) is 5.92 Å². The van der Waals surface area contributed by atoms with Crippen LogP contribution < -0.4 is 5.32 Å². The maximum Gasteiger partial charge on any atom is 0.253 e. The summed E-state index contributed by atoms with van der Waals surface area (Å²) in [5.41, 5.74) is 2.42. The molecule has 1 aromatic rings. The maximum atomic E-state index is 12.4. The molecule has 5 heteroatoms. The summed E-state index contributed by atoms with van der Waals surface area (Å²) in [6.45, 7) is 3.17. The molecule has 2 aliphatic rings. The number of anilines is 1. The predicted molar refractivity (Wildman–Crippen MR) is 92.7 cm³/mol. The van der Waals surface area contributed by atoms with E-state index in [-0.39, 0.29) is 17.9 Å². The molecule has 0 atom stereocenters. The summed E-state index contributed by atoms with van der Waals surface area (Å²) in [5.74, 6) is 0.437. The van der Waals surface area contributed by atoms with E-state index in [9.17, 15) is 14.7 Å². The first-order valence-electron chi connectivity index (χ1n) is 8.59. The van der Waals surface area contributed by atoms with E-state index in [1.54, 1.807) is 35.2 Å². The van der Waals surface area contributed by atoms with Crippen molar-refractivity contribution in [1.29, 1.82) is 0 Å². The molecule has 0 unspecified atom stereocenters. The van der Waals surface area contributed by atoms with Gasteiger partial charge in [0.25, 0.3) is 5.91 Å². The first kappa shape index (κ1) is 16.7. The third kappa shape index (κ3) is 4.23. The number of carbonyl (C=O) groups is 2. The van der Waals surface area contributed by atoms with Crippen molar-refractivity contribution in [2.45, 2.75) is 38.7 Å². The minimum atomic E-state index is -0.293. The zero-order valence-electron chi connectivity index (χ0n) is 14.0. The van der Waals surface area contributed by atoms with Crippen LogP contribution in [0.1, 0.15) is 43.0 Å². The number of aliphatic hydroxyl groups excluding tert-OH is 1. The standard InChI is InChI=1S/C19H24N2O3/c1-13(14-2-3-14)12-18(23)20-16-6-4-15(5-7-16)19(24)21-10-8-17(22)9-11-21/h4-7,12,14,17,22H,2-3,8-11H2,1H3,(H,20,23)/b13-12-. The zero-order valence-corrected chi connectivity index (χ0v) is 14.0. The number of amides is 2. The van der Waals surface area contributed by atoms with Gasteiger partial charge in [-0.05, 0) is 62.8 Å². The summed E-state index contributed by atoms with van der Waals surface area (Å²) in [5, 5.41) is 12.4. The molecule has 1 aliphatic heterocycles. The van der Waals surface area contributed by atoms with Gasteiger partial charge in [-0.3, -0.25) is 9.59 Å². The van der Waals surface area contributed by atoms with Crippen LogP contribution in [0.15, 0.2) is 35.9 Å². The minimum absolute atomic E-state index is 0.0238. The highest BCUT2D eigenvalue weighted by Gasteiger charge is 2.24. The third-order valence-electron chi connectivity index (χ3n) is 4.73. The summed E-state index contributed by atoms with van der Waals surface area (Å²) >= 11 is 0. The molecule has 1 heterocycles. The van der Waals surface area contributed by atoms with E-state index in [1.807, 2.05) is 6.92 Å². The molecule has 2 N–H and O–H groups in total. The van der Waals surface area contributed by atoms with Crippen LogP contribution in [0.25, 0.3) is 0 Å². The van der Waals surface area contributed by atoms with Gasteiger partial charge in [-0.15, -0.1) is 0 Å². The lowest BCUT2D eigenvalue weighted by atomic mass is 10.1. The topological polar surface area (TPSA) is 69.6 Å². The number of aliphatic hydroxyl groups is 1. The van der Waals surface area contributed by atoms with Gasteiger partial charge in [0.2, 0.25) is 5.91 Å². The molecule has 1 saturated heterocycles. The molecule has 24 heavy (non-hydrogen) atoms. The monoisotopic (exact) mass is 328 g/mol. The molecule has 1 saturated carbocycles. The highest BCUT2D eigenvalue weighted by Crippen LogP contribution is 2.35. The average Bonchev–Trinajstić information content (AvgIpc) is 3.40. The van der Waals surface area contributed by atoms with Gasteiger partial charge >= 0.3 is 0 Å². The van der Waals surface area contributed by atoms with Gasteiger partial charge in [0.05, 0.1) is 6.10 Å². The number of hydrogen-bond acceptors (Lipinski definition) is 3. The van der Waals surface area contributed by atoms with Crippen LogP contribution in [0.3, 0.4) is 0 Å². The van der Waals surface area contributed by atoms with Gasteiger partial charge in [-0.1, -0.05) is 5.57 Å². The molecule has 0 radical (unpaired) electrons. The second kappa shape index (κ2) is 7.18. The van der Waals surface area contributed by atoms with E-state index in [2.05, 4.69) is 5.32 Å². The lowest BCUT2D eigenvalue weighted by Crippen LogP contribution is -2.40. The summed E-state index contributed by atoms with van der Waals surface area (Å²) < 4.78 is 0. The molecule has 1 aromatic carbocycles. The Balaban J connectivity index is 1.57. The number of nitrogens with zero attached hydrogens (tertiary/aromatic N) is 1. The quantitative estimate of drug-likeness (QED) is 0.835. The zero-order chi connectivity index (χ0) is 17.1. The maximum absolute atomic E-state index is 12.4. The van der Waals surface area contributed by atoms with Crippen LogP contribution in [-0.4, -0.2) is 41.0 Å². The normalized spacial score (nSPS) is 19.2. The fourth-order valence-corrected chi connectivity index (χ4v) is 2.99. The fourth-order valence-electron chi connectivity index (χ4n) is 2.99. The Bertz CT molecular complexity index is 639. The van der Waals surface area contributed by atoms with Crippen LogP contribution >= 0.6 is 0 Å². The highest BCUT2D eigenvalue weighted by molar-refractivity contribution is 6.00. The van der Waals surface area contributed by atoms with Crippen molar-refractivity contribution in [2.24, 2.45) is 5.92 Å². The largest absolute Gasteiger partial charge is 0.393 e. The third-order valence-corrected chi connectivity index (χ3v) is 4.73. The first-order chi connectivity index (χ1) is 11.5. The van der Waals surface area contributed by atoms with Crippen molar-refractivity contribution in [3.05, 3.63) is 41.5 Å². The summed E-state index contributed by atoms with van der Waals surface area (Å²) in [7, 11) is 0. The van der Waals surface area contributed by atoms with Crippen molar-refractivity contribution >= 4 is 17.5 Å². The minimum Gasteiger partial charge on any atom is -0.393 e. The number of likely N-dealkylation sites (tertiary alicyclic amines) is 1. The number of carbonyl (C=O) groups excluding carboxylic acids is 2. The van der Waals surface area contributed by atoms with Gasteiger partial charge in [-0.25, -0.2) is 0 Å². The predicted octanol–water partition coefficient (Wildman–Crippen LogP) is 2.58. The molecule has 128 valence electrons. The van der Waals surface area contributed by atoms with Crippen LogP contribution in [0.4, 0.5) is 5.69 Å². The van der Waals surface area contributed by atoms with Gasteiger partial charge in [0.15, 0.2) is 0 Å². The molecular weight excluding hydrogens is 304 g/mol. The summed E-state index contributed by atoms with van der Waals surface area (Å²) in [6, 6.07) is 6.98. The van der Waals surface area contributed by atoms with Crippen LogP contribution in [0.5, 0.6) is 0 Å². The molecule has 2 amide bonds. The number of piperidine rings is 1. The Labute approximate surface area is 142 Å². The average molecular weight is 328 g/mol. The number of nitrogens with one attached hydrogen (secondary N) is 1. The molecule has 3 rings (SSSR count). The van der Waals surface area contributed by atoms with E-state index < -0.39 is 0 Å².